The number of nitrogens with one attached hydrogen (secondary N) is 1. The van der Waals surface area contributed by atoms with Gasteiger partial charge in [-0.3, -0.25) is 0 Å². The van der Waals surface area contributed by atoms with Crippen LogP contribution in [-0.2, 0) is 6.18 Å². The van der Waals surface area contributed by atoms with Gasteiger partial charge in [0.15, 0.2) is 0 Å². The average Bonchev–Trinajstić information content (AvgIpc) is 2.98. The fourth-order valence-electron chi connectivity index (χ4n) is 2.26. The molecule has 6 nitrogen and oxygen atoms in total. The summed E-state index contributed by atoms with van der Waals surface area (Å²) in [6, 6.07) is 6.82. The van der Waals surface area contributed by atoms with E-state index in [9.17, 15) is 17.6 Å². The van der Waals surface area contributed by atoms with E-state index in [0.717, 1.165) is 4.52 Å². The molecule has 1 atom stereocenters. The van der Waals surface area contributed by atoms with E-state index in [1.54, 1.807) is 19.9 Å². The van der Waals surface area contributed by atoms with E-state index < -0.39 is 12.0 Å². The second-order valence-corrected chi connectivity index (χ2v) is 5.74. The molecule has 1 aromatic carbocycles. The minimum Gasteiger partial charge on any atom is -0.491 e. The standard InChI is InChI=1S/C16H15F4N5O/c1-9-7-13(25-15(22-9)23-14(24-25)16(18,19)20)21-10(2)8-26-12-5-3-11(17)4-6-12/h3-7,10,21H,8H2,1-2H3. The van der Waals surface area contributed by atoms with Gasteiger partial charge in [-0.1, -0.05) is 0 Å². The second-order valence-electron chi connectivity index (χ2n) is 5.74. The van der Waals surface area contributed by atoms with Crippen molar-refractivity contribution >= 4 is 11.6 Å². The van der Waals surface area contributed by atoms with Gasteiger partial charge in [0, 0.05) is 11.8 Å². The van der Waals surface area contributed by atoms with Crippen LogP contribution in [0.2, 0.25) is 0 Å². The monoisotopic (exact) mass is 369 g/mol. The van der Waals surface area contributed by atoms with Crippen molar-refractivity contribution in [3.05, 3.63) is 47.7 Å². The van der Waals surface area contributed by atoms with Crippen molar-refractivity contribution in [2.24, 2.45) is 0 Å². The number of anilines is 1. The van der Waals surface area contributed by atoms with E-state index in [1.807, 2.05) is 0 Å². The van der Waals surface area contributed by atoms with Gasteiger partial charge in [-0.25, -0.2) is 9.37 Å². The first kappa shape index (κ1) is 17.9. The van der Waals surface area contributed by atoms with Gasteiger partial charge in [-0.05, 0) is 38.1 Å². The van der Waals surface area contributed by atoms with Crippen LogP contribution in [0.15, 0.2) is 30.3 Å². The van der Waals surface area contributed by atoms with Crippen LogP contribution in [0.3, 0.4) is 0 Å². The third kappa shape index (κ3) is 4.01. The number of benzene rings is 1. The lowest BCUT2D eigenvalue weighted by Crippen LogP contribution is -2.25. The van der Waals surface area contributed by atoms with Gasteiger partial charge in [0.25, 0.3) is 11.6 Å². The van der Waals surface area contributed by atoms with Crippen LogP contribution in [0.4, 0.5) is 23.4 Å². The number of hydrogen-bond acceptors (Lipinski definition) is 5. The molecule has 0 amide bonds. The molecule has 0 spiro atoms. The summed E-state index contributed by atoms with van der Waals surface area (Å²) in [4.78, 5) is 7.39. The predicted octanol–water partition coefficient (Wildman–Crippen LogP) is 3.47. The molecule has 0 aliphatic rings. The molecule has 0 fully saturated rings. The third-order valence-electron chi connectivity index (χ3n) is 3.40. The third-order valence-corrected chi connectivity index (χ3v) is 3.40. The van der Waals surface area contributed by atoms with Crippen LogP contribution >= 0.6 is 0 Å². The molecule has 0 radical (unpaired) electrons. The molecule has 26 heavy (non-hydrogen) atoms. The highest BCUT2D eigenvalue weighted by Crippen LogP contribution is 2.27. The maximum atomic E-state index is 12.9. The summed E-state index contributed by atoms with van der Waals surface area (Å²) in [5.74, 6) is -0.980. The minimum atomic E-state index is -4.66. The zero-order valence-electron chi connectivity index (χ0n) is 13.9. The molecule has 0 aliphatic heterocycles. The van der Waals surface area contributed by atoms with E-state index in [1.165, 1.54) is 24.3 Å². The Morgan fingerprint density at radius 1 is 1.19 bits per heavy atom. The number of ether oxygens (including phenoxy) is 1. The molecule has 0 bridgehead atoms. The highest BCUT2D eigenvalue weighted by atomic mass is 19.4. The van der Waals surface area contributed by atoms with Gasteiger partial charge in [-0.2, -0.15) is 22.7 Å². The van der Waals surface area contributed by atoms with Crippen molar-refractivity contribution in [1.29, 1.82) is 0 Å². The van der Waals surface area contributed by atoms with Gasteiger partial charge >= 0.3 is 6.18 Å². The fourth-order valence-corrected chi connectivity index (χ4v) is 2.26. The van der Waals surface area contributed by atoms with Gasteiger partial charge < -0.3 is 10.1 Å². The molecule has 3 aromatic rings. The van der Waals surface area contributed by atoms with E-state index in [2.05, 4.69) is 20.4 Å². The van der Waals surface area contributed by atoms with E-state index in [0.29, 0.717) is 17.3 Å². The lowest BCUT2D eigenvalue weighted by atomic mass is 10.3. The summed E-state index contributed by atoms with van der Waals surface area (Å²) in [7, 11) is 0. The van der Waals surface area contributed by atoms with Crippen LogP contribution in [0.25, 0.3) is 5.78 Å². The molecule has 0 saturated carbocycles. The molecule has 2 aromatic heterocycles. The molecule has 3 rings (SSSR count). The van der Waals surface area contributed by atoms with Gasteiger partial charge in [0.2, 0.25) is 0 Å². The lowest BCUT2D eigenvalue weighted by molar-refractivity contribution is -0.144. The number of aromatic nitrogens is 4. The summed E-state index contributed by atoms with van der Waals surface area (Å²) < 4.78 is 57.9. The molecule has 10 heteroatoms. The maximum Gasteiger partial charge on any atom is 0.453 e. The van der Waals surface area contributed by atoms with Crippen LogP contribution in [0.5, 0.6) is 5.75 Å². The summed E-state index contributed by atoms with van der Waals surface area (Å²) in [5, 5.41) is 6.51. The van der Waals surface area contributed by atoms with Gasteiger partial charge in [-0.15, -0.1) is 5.10 Å². The molecular formula is C16H15F4N5O. The Bertz CT molecular complexity index is 907. The number of aryl methyl sites for hydroxylation is 1. The first-order chi connectivity index (χ1) is 12.2. The quantitative estimate of drug-likeness (QED) is 0.698. The van der Waals surface area contributed by atoms with Crippen LogP contribution < -0.4 is 10.1 Å². The Morgan fingerprint density at radius 2 is 1.88 bits per heavy atom. The van der Waals surface area contributed by atoms with Gasteiger partial charge in [0.05, 0.1) is 6.04 Å². The number of hydrogen-bond donors (Lipinski definition) is 1. The predicted molar refractivity (Wildman–Crippen MR) is 85.5 cm³/mol. The molecule has 2 heterocycles. The summed E-state index contributed by atoms with van der Waals surface area (Å²) in [6.45, 7) is 3.63. The van der Waals surface area contributed by atoms with Crippen molar-refractivity contribution in [1.82, 2.24) is 19.6 Å². The SMILES string of the molecule is Cc1cc(NC(C)COc2ccc(F)cc2)n2nc(C(F)(F)F)nc2n1. The van der Waals surface area contributed by atoms with Crippen molar-refractivity contribution in [3.8, 4) is 5.75 Å². The average molecular weight is 369 g/mol. The summed E-state index contributed by atoms with van der Waals surface area (Å²) in [6.07, 6.45) is -4.66. The normalized spacial score (nSPS) is 13.0. The Kier molecular flexibility index (Phi) is 4.66. The number of halogens is 4. The molecule has 0 saturated heterocycles. The molecule has 0 aliphatic carbocycles. The zero-order chi connectivity index (χ0) is 18.9. The van der Waals surface area contributed by atoms with Crippen LogP contribution in [-0.4, -0.2) is 32.2 Å². The minimum absolute atomic E-state index is 0.147. The number of rotatable bonds is 5. The van der Waals surface area contributed by atoms with Gasteiger partial charge in [0.1, 0.15) is 24.0 Å². The highest BCUT2D eigenvalue weighted by Gasteiger charge is 2.36. The van der Waals surface area contributed by atoms with Crippen molar-refractivity contribution < 1.29 is 22.3 Å². The van der Waals surface area contributed by atoms with Crippen LogP contribution in [0.1, 0.15) is 18.4 Å². The number of nitrogens with zero attached hydrogens (tertiary/aromatic N) is 4. The smallest absolute Gasteiger partial charge is 0.453 e. The highest BCUT2D eigenvalue weighted by molar-refractivity contribution is 5.46. The Morgan fingerprint density at radius 3 is 2.54 bits per heavy atom. The number of alkyl halides is 3. The first-order valence-corrected chi connectivity index (χ1v) is 7.69. The van der Waals surface area contributed by atoms with E-state index in [4.69, 9.17) is 4.74 Å². The number of fused-ring (bicyclic) bond motifs is 1. The molecule has 1 unspecified atom stereocenters. The topological polar surface area (TPSA) is 64.3 Å². The molecular weight excluding hydrogens is 354 g/mol. The summed E-state index contributed by atoms with van der Waals surface area (Å²) in [5.41, 5.74) is 0.493. The largest absolute Gasteiger partial charge is 0.491 e. The van der Waals surface area contributed by atoms with Crippen molar-refractivity contribution in [3.63, 3.8) is 0 Å². The van der Waals surface area contributed by atoms with E-state index in [-0.39, 0.29) is 24.2 Å². The van der Waals surface area contributed by atoms with Crippen molar-refractivity contribution in [2.75, 3.05) is 11.9 Å². The maximum absolute atomic E-state index is 12.9. The van der Waals surface area contributed by atoms with Crippen molar-refractivity contribution in [2.45, 2.75) is 26.1 Å². The molecule has 138 valence electrons. The Balaban J connectivity index is 1.76. The first-order valence-electron chi connectivity index (χ1n) is 7.69. The Hall–Kier alpha value is -2.91. The Labute approximate surface area is 145 Å². The lowest BCUT2D eigenvalue weighted by Gasteiger charge is -2.17. The van der Waals surface area contributed by atoms with E-state index >= 15 is 0 Å². The fraction of sp³-hybridized carbons (Fsp3) is 0.312. The molecule has 1 N–H and O–H groups in total. The second kappa shape index (κ2) is 6.77. The zero-order valence-corrected chi connectivity index (χ0v) is 13.9. The summed E-state index contributed by atoms with van der Waals surface area (Å²) >= 11 is 0. The van der Waals surface area contributed by atoms with Crippen LogP contribution in [0, 0.1) is 12.7 Å².